The first-order valence-electron chi connectivity index (χ1n) is 8.32. The lowest BCUT2D eigenvalue weighted by Gasteiger charge is -2.24. The Morgan fingerprint density at radius 1 is 1.12 bits per heavy atom. The van der Waals surface area contributed by atoms with Crippen LogP contribution in [0.4, 0.5) is 4.79 Å². The largest absolute Gasteiger partial charge is 0.480 e. The van der Waals surface area contributed by atoms with Gasteiger partial charge in [-0.1, -0.05) is 33.1 Å². The summed E-state index contributed by atoms with van der Waals surface area (Å²) < 4.78 is 9.81. The molecule has 24 heavy (non-hydrogen) atoms. The van der Waals surface area contributed by atoms with Crippen molar-refractivity contribution in [3.05, 3.63) is 0 Å². The number of rotatable bonds is 8. The van der Waals surface area contributed by atoms with Crippen LogP contribution in [-0.4, -0.2) is 46.5 Å². The van der Waals surface area contributed by atoms with Crippen molar-refractivity contribution in [1.82, 2.24) is 5.32 Å². The summed E-state index contributed by atoms with van der Waals surface area (Å²) >= 11 is 1.39. The molecule has 0 bridgehead atoms. The molecule has 0 saturated heterocycles. The second-order valence-electron chi connectivity index (χ2n) is 6.17. The zero-order chi connectivity index (χ0) is 18.1. The minimum atomic E-state index is -1.02. The number of esters is 1. The van der Waals surface area contributed by atoms with Gasteiger partial charge in [-0.15, -0.1) is 11.8 Å². The Morgan fingerprint density at radius 3 is 2.29 bits per heavy atom. The van der Waals surface area contributed by atoms with Crippen LogP contribution >= 0.6 is 11.8 Å². The molecular weight excluding hydrogens is 334 g/mol. The van der Waals surface area contributed by atoms with Gasteiger partial charge in [0, 0.05) is 18.7 Å². The normalized spacial score (nSPS) is 17.8. The van der Waals surface area contributed by atoms with Crippen molar-refractivity contribution in [2.75, 3.05) is 6.54 Å². The van der Waals surface area contributed by atoms with Gasteiger partial charge in [-0.2, -0.15) is 0 Å². The number of aliphatic carboxylic acids is 1. The van der Waals surface area contributed by atoms with Gasteiger partial charge in [0.1, 0.15) is 5.25 Å². The summed E-state index contributed by atoms with van der Waals surface area (Å²) in [6.45, 7) is 4.76. The van der Waals surface area contributed by atoms with Gasteiger partial charge < -0.3 is 19.9 Å². The van der Waals surface area contributed by atoms with Gasteiger partial charge in [0.05, 0.1) is 5.92 Å². The Morgan fingerprint density at radius 2 is 1.75 bits per heavy atom. The van der Waals surface area contributed by atoms with Gasteiger partial charge in [-0.3, -0.25) is 9.59 Å². The highest BCUT2D eigenvalue weighted by Crippen LogP contribution is 2.31. The number of carbonyl (C=O) groups is 3. The molecular formula is C16H27NO6S. The van der Waals surface area contributed by atoms with Crippen molar-refractivity contribution < 1.29 is 29.0 Å². The summed E-state index contributed by atoms with van der Waals surface area (Å²) in [4.78, 5) is 34.4. The van der Waals surface area contributed by atoms with Crippen molar-refractivity contribution in [2.24, 2.45) is 5.92 Å². The molecule has 0 spiro atoms. The molecule has 0 aromatic carbocycles. The van der Waals surface area contributed by atoms with E-state index in [1.54, 1.807) is 13.8 Å². The van der Waals surface area contributed by atoms with E-state index in [-0.39, 0.29) is 12.5 Å². The third-order valence-corrected chi connectivity index (χ3v) is 5.20. The van der Waals surface area contributed by atoms with Crippen molar-refractivity contribution in [3.63, 3.8) is 0 Å². The fourth-order valence-electron chi connectivity index (χ4n) is 2.32. The second kappa shape index (κ2) is 10.4. The van der Waals surface area contributed by atoms with E-state index in [4.69, 9.17) is 9.47 Å². The Balaban J connectivity index is 2.35. The second-order valence-corrected chi connectivity index (χ2v) is 7.68. The molecule has 0 unspecified atom stereocenters. The third-order valence-electron chi connectivity index (χ3n) is 3.64. The summed E-state index contributed by atoms with van der Waals surface area (Å²) in [7, 11) is 0. The molecule has 1 aliphatic carbocycles. The molecule has 1 aliphatic rings. The van der Waals surface area contributed by atoms with Crippen LogP contribution in [0.15, 0.2) is 0 Å². The molecule has 0 heterocycles. The molecule has 138 valence electrons. The van der Waals surface area contributed by atoms with Crippen LogP contribution in [0.3, 0.4) is 0 Å². The van der Waals surface area contributed by atoms with Crippen molar-refractivity contribution in [2.45, 2.75) is 69.7 Å². The summed E-state index contributed by atoms with van der Waals surface area (Å²) in [5, 5.41) is 11.3. The highest BCUT2D eigenvalue weighted by Gasteiger charge is 2.25. The molecule has 0 aromatic rings. The highest BCUT2D eigenvalue weighted by molar-refractivity contribution is 8.01. The molecule has 0 aliphatic heterocycles. The molecule has 1 amide bonds. The summed E-state index contributed by atoms with van der Waals surface area (Å²) in [5.74, 6) is -1.74. The lowest BCUT2D eigenvalue weighted by atomic mass is 10.0. The Bertz CT molecular complexity index is 436. The topological polar surface area (TPSA) is 102 Å². The Labute approximate surface area is 146 Å². The first-order chi connectivity index (χ1) is 11.3. The predicted molar refractivity (Wildman–Crippen MR) is 90.8 cm³/mol. The van der Waals surface area contributed by atoms with E-state index < -0.39 is 29.6 Å². The van der Waals surface area contributed by atoms with E-state index in [1.807, 2.05) is 0 Å². The predicted octanol–water partition coefficient (Wildman–Crippen LogP) is 2.78. The molecule has 0 radical (unpaired) electrons. The number of carboxylic acids is 1. The first-order valence-corrected chi connectivity index (χ1v) is 9.27. The number of hydrogen-bond acceptors (Lipinski definition) is 6. The molecule has 1 rings (SSSR count). The monoisotopic (exact) mass is 361 g/mol. The van der Waals surface area contributed by atoms with Crippen molar-refractivity contribution in [1.29, 1.82) is 0 Å². The summed E-state index contributed by atoms with van der Waals surface area (Å²) in [6, 6.07) is 0. The van der Waals surface area contributed by atoms with Gasteiger partial charge in [0.25, 0.3) is 0 Å². The van der Waals surface area contributed by atoms with Crippen LogP contribution < -0.4 is 5.32 Å². The molecule has 2 N–H and O–H groups in total. The lowest BCUT2D eigenvalue weighted by Crippen LogP contribution is -2.38. The van der Waals surface area contributed by atoms with E-state index in [0.29, 0.717) is 5.25 Å². The van der Waals surface area contributed by atoms with Gasteiger partial charge >= 0.3 is 18.0 Å². The Hall–Kier alpha value is -1.44. The quantitative estimate of drug-likeness (QED) is 0.506. The molecule has 0 aromatic heterocycles. The Kier molecular flexibility index (Phi) is 8.95. The average Bonchev–Trinajstić information content (AvgIpc) is 2.51. The number of thioether (sulfide) groups is 1. The van der Waals surface area contributed by atoms with Gasteiger partial charge in [-0.25, -0.2) is 4.79 Å². The highest BCUT2D eigenvalue weighted by atomic mass is 32.2. The van der Waals surface area contributed by atoms with Crippen LogP contribution in [-0.2, 0) is 19.1 Å². The maximum Gasteiger partial charge on any atom is 0.410 e. The maximum absolute atomic E-state index is 11.7. The van der Waals surface area contributed by atoms with Gasteiger partial charge in [-0.05, 0) is 12.8 Å². The van der Waals surface area contributed by atoms with E-state index in [2.05, 4.69) is 5.32 Å². The van der Waals surface area contributed by atoms with E-state index in [1.165, 1.54) is 25.1 Å². The maximum atomic E-state index is 11.7. The van der Waals surface area contributed by atoms with E-state index >= 15 is 0 Å². The van der Waals surface area contributed by atoms with Gasteiger partial charge in [0.2, 0.25) is 6.29 Å². The molecule has 1 saturated carbocycles. The van der Waals surface area contributed by atoms with E-state index in [9.17, 15) is 19.5 Å². The average molecular weight is 361 g/mol. The fourth-order valence-corrected chi connectivity index (χ4v) is 3.69. The van der Waals surface area contributed by atoms with Crippen LogP contribution in [0, 0.1) is 5.92 Å². The van der Waals surface area contributed by atoms with Crippen molar-refractivity contribution >= 4 is 29.8 Å². The van der Waals surface area contributed by atoms with Crippen LogP contribution in [0.25, 0.3) is 0 Å². The smallest absolute Gasteiger partial charge is 0.410 e. The number of alkyl carbamates (subject to hydrolysis) is 1. The third kappa shape index (κ3) is 7.90. The molecule has 1 fully saturated rings. The number of nitrogens with one attached hydrogen (secondary N) is 1. The summed E-state index contributed by atoms with van der Waals surface area (Å²) in [6.07, 6.45) is 3.66. The van der Waals surface area contributed by atoms with E-state index in [0.717, 1.165) is 25.7 Å². The zero-order valence-electron chi connectivity index (χ0n) is 14.4. The fraction of sp³-hybridized carbons (Fsp3) is 0.812. The molecule has 2 atom stereocenters. The number of hydrogen-bond donors (Lipinski definition) is 2. The van der Waals surface area contributed by atoms with Crippen LogP contribution in [0.5, 0.6) is 0 Å². The summed E-state index contributed by atoms with van der Waals surface area (Å²) in [5.41, 5.74) is 0. The minimum absolute atomic E-state index is 0.0276. The van der Waals surface area contributed by atoms with Gasteiger partial charge in [0.15, 0.2) is 0 Å². The zero-order valence-corrected chi connectivity index (χ0v) is 15.3. The standard InChI is InChI=1S/C16H27NO6S/c1-10(2)15(20)22-11(3)23-16(21)17-9-13(14(18)19)24-12-7-5-4-6-8-12/h10-13H,4-9H2,1-3H3,(H,17,21)(H,18,19)/t11-,13-/m0/s1. The van der Waals surface area contributed by atoms with Crippen LogP contribution in [0.2, 0.25) is 0 Å². The lowest BCUT2D eigenvalue weighted by molar-refractivity contribution is -0.168. The van der Waals surface area contributed by atoms with Crippen molar-refractivity contribution in [3.8, 4) is 0 Å². The minimum Gasteiger partial charge on any atom is -0.480 e. The van der Waals surface area contributed by atoms with Crippen LogP contribution in [0.1, 0.15) is 52.9 Å². The number of carbonyl (C=O) groups excluding carboxylic acids is 2. The number of ether oxygens (including phenoxy) is 2. The first kappa shape index (κ1) is 20.6. The number of amides is 1. The SMILES string of the molecule is CC(C)C(=O)O[C@H](C)OC(=O)NC[C@H](SC1CCCCC1)C(=O)O. The molecule has 7 nitrogen and oxygen atoms in total. The molecule has 8 heteroatoms. The number of carboxylic acid groups (broad SMARTS) is 1.